The molecule has 64 valence electrons. The zero-order chi connectivity index (χ0) is 9.10. The normalized spacial score (nSPS) is 16.8. The first kappa shape index (κ1) is 7.73. The average Bonchev–Trinajstić information content (AvgIpc) is 2.13. The van der Waals surface area contributed by atoms with Crippen LogP contribution in [0, 0.1) is 0 Å². The third-order valence-electron chi connectivity index (χ3n) is 1.68. The van der Waals surface area contributed by atoms with Crippen LogP contribution in [0.3, 0.4) is 0 Å². The zero-order valence-electron chi connectivity index (χ0n) is 6.97. The van der Waals surface area contributed by atoms with Gasteiger partial charge in [0.1, 0.15) is 0 Å². The van der Waals surface area contributed by atoms with Crippen molar-refractivity contribution in [2.75, 3.05) is 0 Å². The van der Waals surface area contributed by atoms with Crippen LogP contribution < -0.4 is 4.84 Å². The molecule has 3 nitrogen and oxygen atoms in total. The number of fused-ring (bicyclic) bond motifs is 1. The van der Waals surface area contributed by atoms with Gasteiger partial charge in [-0.15, -0.1) is 5.11 Å². The number of para-hydroxylation sites is 1. The Morgan fingerprint density at radius 2 is 2.00 bits per heavy atom. The number of hydrogen-bond donors (Lipinski definition) is 0. The Kier molecular flexibility index (Phi) is 1.92. The summed E-state index contributed by atoms with van der Waals surface area (Å²) in [6, 6.07) is 7.61. The SMILES string of the molecule is C=C1/C=C\c2ccccc2ON=N1. The van der Waals surface area contributed by atoms with Crippen molar-refractivity contribution in [3.8, 4) is 5.75 Å². The van der Waals surface area contributed by atoms with E-state index < -0.39 is 0 Å². The second-order valence-corrected chi connectivity index (χ2v) is 2.64. The average molecular weight is 172 g/mol. The quantitative estimate of drug-likeness (QED) is 0.592. The molecule has 0 unspecified atom stereocenters. The molecule has 1 aromatic rings. The summed E-state index contributed by atoms with van der Waals surface area (Å²) in [5, 5.41) is 7.23. The molecule has 0 atom stereocenters. The fourth-order valence-electron chi connectivity index (χ4n) is 1.04. The van der Waals surface area contributed by atoms with E-state index in [-0.39, 0.29) is 0 Å². The molecule has 1 heterocycles. The van der Waals surface area contributed by atoms with E-state index in [9.17, 15) is 0 Å². The van der Waals surface area contributed by atoms with E-state index in [4.69, 9.17) is 4.84 Å². The first-order chi connectivity index (χ1) is 6.36. The first-order valence-electron chi connectivity index (χ1n) is 3.90. The van der Waals surface area contributed by atoms with Gasteiger partial charge in [0.15, 0.2) is 5.75 Å². The van der Waals surface area contributed by atoms with Gasteiger partial charge in [-0.1, -0.05) is 24.8 Å². The van der Waals surface area contributed by atoms with Gasteiger partial charge in [0.25, 0.3) is 0 Å². The fourth-order valence-corrected chi connectivity index (χ4v) is 1.04. The van der Waals surface area contributed by atoms with Crippen molar-refractivity contribution in [3.63, 3.8) is 0 Å². The van der Waals surface area contributed by atoms with Gasteiger partial charge in [0.05, 0.1) is 5.70 Å². The molecule has 3 heteroatoms. The largest absolute Gasteiger partial charge is 0.339 e. The lowest BCUT2D eigenvalue weighted by molar-refractivity contribution is 0.309. The predicted octanol–water partition coefficient (Wildman–Crippen LogP) is 2.97. The summed E-state index contributed by atoms with van der Waals surface area (Å²) in [7, 11) is 0. The summed E-state index contributed by atoms with van der Waals surface area (Å²) in [5.74, 6) is 0.704. The molecule has 0 spiro atoms. The molecule has 13 heavy (non-hydrogen) atoms. The molecule has 0 amide bonds. The van der Waals surface area contributed by atoms with Gasteiger partial charge in [-0.2, -0.15) is 0 Å². The van der Waals surface area contributed by atoms with Gasteiger partial charge in [0, 0.05) is 10.8 Å². The Labute approximate surface area is 76.0 Å². The Bertz CT molecular complexity index is 394. The maximum Gasteiger partial charge on any atom is 0.167 e. The summed E-state index contributed by atoms with van der Waals surface area (Å²) in [6.45, 7) is 3.66. The Morgan fingerprint density at radius 1 is 1.15 bits per heavy atom. The van der Waals surface area contributed by atoms with Crippen molar-refractivity contribution < 1.29 is 4.84 Å². The molecule has 0 saturated heterocycles. The summed E-state index contributed by atoms with van der Waals surface area (Å²) in [4.78, 5) is 5.05. The molecule has 0 aromatic heterocycles. The van der Waals surface area contributed by atoms with Gasteiger partial charge in [0.2, 0.25) is 0 Å². The first-order valence-corrected chi connectivity index (χ1v) is 3.90. The van der Waals surface area contributed by atoms with Crippen LogP contribution in [0.15, 0.2) is 53.0 Å². The monoisotopic (exact) mass is 172 g/mol. The molecule has 2 rings (SSSR count). The highest BCUT2D eigenvalue weighted by atomic mass is 16.6. The van der Waals surface area contributed by atoms with Gasteiger partial charge in [-0.25, -0.2) is 0 Å². The third-order valence-corrected chi connectivity index (χ3v) is 1.68. The van der Waals surface area contributed by atoms with Crippen molar-refractivity contribution >= 4 is 6.08 Å². The summed E-state index contributed by atoms with van der Waals surface area (Å²) < 4.78 is 0. The van der Waals surface area contributed by atoms with Crippen LogP contribution in [0.2, 0.25) is 0 Å². The molecule has 1 aromatic carbocycles. The Hall–Kier alpha value is -1.90. The maximum atomic E-state index is 5.05. The molecule has 0 radical (unpaired) electrons. The van der Waals surface area contributed by atoms with E-state index >= 15 is 0 Å². The van der Waals surface area contributed by atoms with Crippen molar-refractivity contribution in [1.82, 2.24) is 0 Å². The zero-order valence-corrected chi connectivity index (χ0v) is 6.97. The number of benzene rings is 1. The van der Waals surface area contributed by atoms with E-state index in [1.165, 1.54) is 0 Å². The summed E-state index contributed by atoms with van der Waals surface area (Å²) in [5.41, 5.74) is 1.55. The fraction of sp³-hybridized carbons (Fsp3) is 0. The standard InChI is InChI=1S/C10H8N2O/c1-8-6-7-9-4-2-3-5-10(9)13-12-11-8/h2-7H,1H2/b7-6-,12-11?. The van der Waals surface area contributed by atoms with E-state index in [2.05, 4.69) is 17.0 Å². The van der Waals surface area contributed by atoms with E-state index in [1.807, 2.05) is 30.3 Å². The molecule has 1 aliphatic rings. The number of nitrogens with zero attached hydrogens (tertiary/aromatic N) is 2. The molecule has 1 aliphatic heterocycles. The van der Waals surface area contributed by atoms with Crippen LogP contribution in [-0.2, 0) is 0 Å². The molecule has 0 bridgehead atoms. The molecule has 0 saturated carbocycles. The molecule has 0 aliphatic carbocycles. The minimum Gasteiger partial charge on any atom is -0.339 e. The topological polar surface area (TPSA) is 34.0 Å². The van der Waals surface area contributed by atoms with Crippen molar-refractivity contribution in [1.29, 1.82) is 0 Å². The van der Waals surface area contributed by atoms with Crippen LogP contribution in [0.4, 0.5) is 0 Å². The predicted molar refractivity (Wildman–Crippen MR) is 50.1 cm³/mol. The molecule has 0 N–H and O–H groups in total. The minimum atomic E-state index is 0.578. The third kappa shape index (κ3) is 1.64. The van der Waals surface area contributed by atoms with Crippen LogP contribution in [0.5, 0.6) is 5.75 Å². The Morgan fingerprint density at radius 3 is 2.92 bits per heavy atom. The van der Waals surface area contributed by atoms with Crippen molar-refractivity contribution in [2.24, 2.45) is 10.4 Å². The van der Waals surface area contributed by atoms with Gasteiger partial charge in [-0.3, -0.25) is 0 Å². The van der Waals surface area contributed by atoms with Gasteiger partial charge >= 0.3 is 0 Å². The second-order valence-electron chi connectivity index (χ2n) is 2.64. The molecule has 0 fully saturated rings. The lowest BCUT2D eigenvalue weighted by atomic mass is 10.2. The van der Waals surface area contributed by atoms with Crippen LogP contribution in [-0.4, -0.2) is 0 Å². The second kappa shape index (κ2) is 3.23. The van der Waals surface area contributed by atoms with E-state index in [0.717, 1.165) is 5.56 Å². The lowest BCUT2D eigenvalue weighted by Gasteiger charge is -2.03. The lowest BCUT2D eigenvalue weighted by Crippen LogP contribution is -1.87. The highest BCUT2D eigenvalue weighted by molar-refractivity contribution is 5.59. The summed E-state index contributed by atoms with van der Waals surface area (Å²) in [6.07, 6.45) is 3.70. The van der Waals surface area contributed by atoms with Crippen LogP contribution in [0.25, 0.3) is 6.08 Å². The van der Waals surface area contributed by atoms with Crippen LogP contribution >= 0.6 is 0 Å². The van der Waals surface area contributed by atoms with Gasteiger partial charge < -0.3 is 4.84 Å². The molecular formula is C10H8N2O. The number of rotatable bonds is 0. The highest BCUT2D eigenvalue weighted by Crippen LogP contribution is 2.22. The van der Waals surface area contributed by atoms with E-state index in [1.54, 1.807) is 6.08 Å². The number of allylic oxidation sites excluding steroid dienone is 1. The molecular weight excluding hydrogens is 164 g/mol. The number of hydrogen-bond acceptors (Lipinski definition) is 3. The van der Waals surface area contributed by atoms with Crippen molar-refractivity contribution in [3.05, 3.63) is 48.2 Å². The maximum absolute atomic E-state index is 5.05. The van der Waals surface area contributed by atoms with Crippen molar-refractivity contribution in [2.45, 2.75) is 0 Å². The van der Waals surface area contributed by atoms with Crippen LogP contribution in [0.1, 0.15) is 5.56 Å². The summed E-state index contributed by atoms with van der Waals surface area (Å²) >= 11 is 0. The van der Waals surface area contributed by atoms with Gasteiger partial charge in [-0.05, 0) is 18.2 Å². The Balaban J connectivity index is 2.47. The smallest absolute Gasteiger partial charge is 0.167 e. The van der Waals surface area contributed by atoms with E-state index in [0.29, 0.717) is 11.4 Å². The highest BCUT2D eigenvalue weighted by Gasteiger charge is 2.01. The minimum absolute atomic E-state index is 0.578.